The van der Waals surface area contributed by atoms with Gasteiger partial charge in [0, 0.05) is 16.6 Å². The number of benzene rings is 1. The molecule has 1 aromatic carbocycles. The first-order chi connectivity index (χ1) is 9.20. The lowest BCUT2D eigenvalue weighted by molar-refractivity contribution is 0.0682. The van der Waals surface area contributed by atoms with Crippen molar-refractivity contribution >= 4 is 27.3 Å². The highest BCUT2D eigenvalue weighted by atomic mass is 32.1. The Labute approximate surface area is 114 Å². The fourth-order valence-corrected chi connectivity index (χ4v) is 3.60. The first kappa shape index (κ1) is 12.6. The van der Waals surface area contributed by atoms with E-state index < -0.39 is 0 Å². The molecule has 1 aliphatic heterocycles. The third kappa shape index (κ3) is 2.13. The number of amides is 1. The van der Waals surface area contributed by atoms with Crippen LogP contribution in [0.15, 0.2) is 24.3 Å². The number of hydrogen-bond donors (Lipinski definition) is 1. The number of nitrogens with zero attached hydrogens (tertiary/aromatic N) is 1. The van der Waals surface area contributed by atoms with Gasteiger partial charge in [-0.3, -0.25) is 4.79 Å². The minimum Gasteiger partial charge on any atom is -0.394 e. The van der Waals surface area contributed by atoms with Crippen molar-refractivity contribution in [2.24, 2.45) is 0 Å². The summed E-state index contributed by atoms with van der Waals surface area (Å²) >= 11 is 1.31. The van der Waals surface area contributed by atoms with Crippen LogP contribution >= 0.6 is 11.3 Å². The average Bonchev–Trinajstić information content (AvgIpc) is 3.04. The van der Waals surface area contributed by atoms with Crippen molar-refractivity contribution in [3.05, 3.63) is 35.0 Å². The van der Waals surface area contributed by atoms with Gasteiger partial charge in [0.15, 0.2) is 0 Å². The maximum Gasteiger partial charge on any atom is 0.264 e. The van der Waals surface area contributed by atoms with Gasteiger partial charge in [0.2, 0.25) is 0 Å². The molecule has 5 heteroatoms. The van der Waals surface area contributed by atoms with Crippen molar-refractivity contribution in [3.8, 4) is 0 Å². The molecule has 3 nitrogen and oxygen atoms in total. The highest BCUT2D eigenvalue weighted by Crippen LogP contribution is 2.30. The van der Waals surface area contributed by atoms with E-state index in [4.69, 9.17) is 0 Å². The summed E-state index contributed by atoms with van der Waals surface area (Å²) in [4.78, 5) is 14.6. The van der Waals surface area contributed by atoms with Crippen LogP contribution in [0.2, 0.25) is 0 Å². The molecule has 1 atom stereocenters. The van der Waals surface area contributed by atoms with Crippen molar-refractivity contribution in [1.29, 1.82) is 0 Å². The van der Waals surface area contributed by atoms with E-state index in [-0.39, 0.29) is 24.4 Å². The van der Waals surface area contributed by atoms with Crippen LogP contribution in [0.3, 0.4) is 0 Å². The summed E-state index contributed by atoms with van der Waals surface area (Å²) < 4.78 is 14.4. The summed E-state index contributed by atoms with van der Waals surface area (Å²) in [7, 11) is 0. The molecular formula is C14H14FNO2S. The summed E-state index contributed by atoms with van der Waals surface area (Å²) in [6, 6.07) is 6.38. The van der Waals surface area contributed by atoms with Gasteiger partial charge in [-0.25, -0.2) is 4.39 Å². The lowest BCUT2D eigenvalue weighted by Crippen LogP contribution is -2.37. The standard InChI is InChI=1S/C14H14FNO2S/c15-11-4-1-5-12-10(11)7-13(19-12)14(18)16-6-2-3-9(16)8-17/h1,4-5,7,9,17H,2-3,6,8H2/t9-/m1/s1. The molecule has 2 aromatic rings. The number of rotatable bonds is 2. The molecule has 1 N–H and O–H groups in total. The monoisotopic (exact) mass is 279 g/mol. The summed E-state index contributed by atoms with van der Waals surface area (Å²) in [6.07, 6.45) is 1.75. The van der Waals surface area contributed by atoms with E-state index in [1.807, 2.05) is 6.07 Å². The van der Waals surface area contributed by atoms with Crippen LogP contribution in [-0.2, 0) is 0 Å². The van der Waals surface area contributed by atoms with E-state index in [1.165, 1.54) is 17.4 Å². The van der Waals surface area contributed by atoms with Crippen molar-refractivity contribution in [1.82, 2.24) is 4.90 Å². The van der Waals surface area contributed by atoms with Gasteiger partial charge in [-0.05, 0) is 31.0 Å². The topological polar surface area (TPSA) is 40.5 Å². The van der Waals surface area contributed by atoms with Gasteiger partial charge in [-0.15, -0.1) is 11.3 Å². The second-order valence-corrected chi connectivity index (χ2v) is 5.82. The minimum absolute atomic E-state index is 0.00893. The lowest BCUT2D eigenvalue weighted by atomic mass is 10.2. The normalized spacial score (nSPS) is 19.3. The molecule has 100 valence electrons. The zero-order valence-electron chi connectivity index (χ0n) is 10.3. The van der Waals surface area contributed by atoms with E-state index in [0.717, 1.165) is 17.5 Å². The number of likely N-dealkylation sites (tertiary alicyclic amines) is 1. The molecule has 0 radical (unpaired) electrons. The van der Waals surface area contributed by atoms with Gasteiger partial charge in [-0.1, -0.05) is 6.07 Å². The molecule has 1 amide bonds. The van der Waals surface area contributed by atoms with Gasteiger partial charge in [-0.2, -0.15) is 0 Å². The molecule has 0 aliphatic carbocycles. The zero-order valence-corrected chi connectivity index (χ0v) is 11.1. The summed E-state index contributed by atoms with van der Waals surface area (Å²) in [6.45, 7) is 0.659. The Morgan fingerprint density at radius 2 is 2.37 bits per heavy atom. The molecule has 0 saturated carbocycles. The maximum atomic E-state index is 13.6. The Morgan fingerprint density at radius 1 is 1.53 bits per heavy atom. The molecular weight excluding hydrogens is 265 g/mol. The van der Waals surface area contributed by atoms with Gasteiger partial charge in [0.1, 0.15) is 5.82 Å². The number of aliphatic hydroxyl groups excluding tert-OH is 1. The van der Waals surface area contributed by atoms with E-state index in [0.29, 0.717) is 16.8 Å². The second-order valence-electron chi connectivity index (χ2n) is 4.74. The fraction of sp³-hybridized carbons (Fsp3) is 0.357. The molecule has 2 heterocycles. The first-order valence-corrected chi connectivity index (χ1v) is 7.12. The summed E-state index contributed by atoms with van der Waals surface area (Å²) in [5, 5.41) is 9.76. The molecule has 0 spiro atoms. The highest BCUT2D eigenvalue weighted by molar-refractivity contribution is 7.20. The van der Waals surface area contributed by atoms with Crippen LogP contribution in [0.25, 0.3) is 10.1 Å². The average molecular weight is 279 g/mol. The third-order valence-electron chi connectivity index (χ3n) is 3.57. The Morgan fingerprint density at radius 3 is 3.11 bits per heavy atom. The lowest BCUT2D eigenvalue weighted by Gasteiger charge is -2.22. The molecule has 0 unspecified atom stereocenters. The van der Waals surface area contributed by atoms with Crippen molar-refractivity contribution in [2.75, 3.05) is 13.2 Å². The van der Waals surface area contributed by atoms with Crippen LogP contribution < -0.4 is 0 Å². The summed E-state index contributed by atoms with van der Waals surface area (Å²) in [5.41, 5.74) is 0. The number of hydrogen-bond acceptors (Lipinski definition) is 3. The second kappa shape index (κ2) is 4.90. The number of thiophene rings is 1. The Bertz CT molecular complexity index is 625. The van der Waals surface area contributed by atoms with Crippen molar-refractivity contribution < 1.29 is 14.3 Å². The molecule has 1 aromatic heterocycles. The van der Waals surface area contributed by atoms with Gasteiger partial charge in [0.25, 0.3) is 5.91 Å². The Kier molecular flexibility index (Phi) is 3.24. The van der Waals surface area contributed by atoms with E-state index in [9.17, 15) is 14.3 Å². The third-order valence-corrected chi connectivity index (χ3v) is 4.66. The fourth-order valence-electron chi connectivity index (χ4n) is 2.57. The molecule has 1 fully saturated rings. The van der Waals surface area contributed by atoms with Gasteiger partial charge >= 0.3 is 0 Å². The molecule has 3 rings (SSSR count). The minimum atomic E-state index is -0.298. The predicted molar refractivity (Wildman–Crippen MR) is 72.9 cm³/mol. The number of halogens is 1. The van der Waals surface area contributed by atoms with Gasteiger partial charge in [0.05, 0.1) is 17.5 Å². The van der Waals surface area contributed by atoms with Crippen molar-refractivity contribution in [3.63, 3.8) is 0 Å². The number of carbonyl (C=O) groups excluding carboxylic acids is 1. The van der Waals surface area contributed by atoms with Crippen LogP contribution in [0.5, 0.6) is 0 Å². The molecule has 1 saturated heterocycles. The highest BCUT2D eigenvalue weighted by Gasteiger charge is 2.29. The predicted octanol–water partition coefficient (Wildman–Crippen LogP) is 2.64. The first-order valence-electron chi connectivity index (χ1n) is 6.30. The van der Waals surface area contributed by atoms with E-state index in [1.54, 1.807) is 17.0 Å². The molecule has 19 heavy (non-hydrogen) atoms. The van der Waals surface area contributed by atoms with Crippen LogP contribution in [0, 0.1) is 5.82 Å². The largest absolute Gasteiger partial charge is 0.394 e. The van der Waals surface area contributed by atoms with Crippen LogP contribution in [0.4, 0.5) is 4.39 Å². The van der Waals surface area contributed by atoms with Crippen LogP contribution in [-0.4, -0.2) is 35.1 Å². The quantitative estimate of drug-likeness (QED) is 0.918. The SMILES string of the molecule is O=C(c1cc2c(F)cccc2s1)N1CCC[C@@H]1CO. The number of carbonyl (C=O) groups is 1. The zero-order chi connectivity index (χ0) is 13.4. The van der Waals surface area contributed by atoms with Crippen molar-refractivity contribution in [2.45, 2.75) is 18.9 Å². The smallest absolute Gasteiger partial charge is 0.264 e. The summed E-state index contributed by atoms with van der Waals surface area (Å²) in [5.74, 6) is -0.398. The number of fused-ring (bicyclic) bond motifs is 1. The van der Waals surface area contributed by atoms with E-state index in [2.05, 4.69) is 0 Å². The Hall–Kier alpha value is -1.46. The maximum absolute atomic E-state index is 13.6. The Balaban J connectivity index is 1.95. The molecule has 0 bridgehead atoms. The molecule has 1 aliphatic rings. The van der Waals surface area contributed by atoms with Crippen LogP contribution in [0.1, 0.15) is 22.5 Å². The van der Waals surface area contributed by atoms with E-state index >= 15 is 0 Å². The van der Waals surface area contributed by atoms with Gasteiger partial charge < -0.3 is 10.0 Å². The number of aliphatic hydroxyl groups is 1.